The Balaban J connectivity index is 1.65. The van der Waals surface area contributed by atoms with Crippen LogP contribution in [-0.2, 0) is 10.1 Å². The number of primary amides is 1. The Labute approximate surface area is 169 Å². The Kier molecular flexibility index (Phi) is 4.77. The second-order valence-electron chi connectivity index (χ2n) is 6.08. The number of halogens is 1. The van der Waals surface area contributed by atoms with E-state index in [2.05, 4.69) is 4.98 Å². The lowest BCUT2D eigenvalue weighted by Crippen LogP contribution is -2.09. The van der Waals surface area contributed by atoms with Crippen molar-refractivity contribution in [1.82, 2.24) is 4.98 Å². The van der Waals surface area contributed by atoms with Crippen molar-refractivity contribution in [2.24, 2.45) is 5.73 Å². The number of benzene rings is 3. The normalized spacial score (nSPS) is 11.5. The highest BCUT2D eigenvalue weighted by Crippen LogP contribution is 2.29. The summed E-state index contributed by atoms with van der Waals surface area (Å²) in [7, 11) is -4.11. The molecule has 0 bridgehead atoms. The number of thiazole rings is 1. The van der Waals surface area contributed by atoms with Crippen molar-refractivity contribution in [3.05, 3.63) is 77.6 Å². The van der Waals surface area contributed by atoms with E-state index in [0.29, 0.717) is 21.3 Å². The number of hydrogen-bond donors (Lipinski definition) is 1. The second kappa shape index (κ2) is 7.26. The van der Waals surface area contributed by atoms with Crippen molar-refractivity contribution in [2.45, 2.75) is 4.90 Å². The van der Waals surface area contributed by atoms with Gasteiger partial charge in [0.25, 0.3) is 5.91 Å². The van der Waals surface area contributed by atoms with Crippen molar-refractivity contribution in [1.29, 1.82) is 0 Å². The van der Waals surface area contributed by atoms with Gasteiger partial charge in [-0.15, -0.1) is 11.3 Å². The molecule has 0 aliphatic heterocycles. The zero-order valence-corrected chi connectivity index (χ0v) is 16.3. The number of carbonyl (C=O) groups excluding carboxylic acids is 1. The number of nitrogens with zero attached hydrogens (tertiary/aromatic N) is 1. The molecule has 0 unspecified atom stereocenters. The Morgan fingerprint density at radius 2 is 1.76 bits per heavy atom. The minimum Gasteiger partial charge on any atom is -0.379 e. The smallest absolute Gasteiger partial charge is 0.339 e. The van der Waals surface area contributed by atoms with Crippen LogP contribution in [0.2, 0.25) is 0 Å². The molecule has 9 heteroatoms. The molecule has 0 fully saturated rings. The van der Waals surface area contributed by atoms with Gasteiger partial charge in [-0.25, -0.2) is 9.37 Å². The zero-order chi connectivity index (χ0) is 20.6. The van der Waals surface area contributed by atoms with Crippen LogP contribution in [-0.4, -0.2) is 19.3 Å². The lowest BCUT2D eigenvalue weighted by molar-refractivity contribution is 0.1000. The van der Waals surface area contributed by atoms with Gasteiger partial charge in [-0.05, 0) is 47.5 Å². The number of amides is 1. The second-order valence-corrected chi connectivity index (χ2v) is 8.66. The van der Waals surface area contributed by atoms with Crippen LogP contribution in [0, 0.1) is 5.82 Å². The van der Waals surface area contributed by atoms with Crippen molar-refractivity contribution in [2.75, 3.05) is 0 Å². The van der Waals surface area contributed by atoms with Crippen LogP contribution in [0.4, 0.5) is 4.39 Å². The molecule has 6 nitrogen and oxygen atoms in total. The maximum atomic E-state index is 13.1. The summed E-state index contributed by atoms with van der Waals surface area (Å²) in [5.74, 6) is -0.943. The third-order valence-electron chi connectivity index (χ3n) is 4.08. The molecule has 0 aliphatic carbocycles. The molecule has 4 rings (SSSR count). The molecule has 0 atom stereocenters. The fraction of sp³-hybridized carbons (Fsp3) is 0. The molecule has 0 spiro atoms. The van der Waals surface area contributed by atoms with Gasteiger partial charge in [-0.2, -0.15) is 8.42 Å². The van der Waals surface area contributed by atoms with Crippen LogP contribution in [0.15, 0.2) is 71.6 Å². The molecule has 0 radical (unpaired) electrons. The molecule has 2 N–H and O–H groups in total. The molecule has 1 amide bonds. The molecule has 146 valence electrons. The fourth-order valence-corrected chi connectivity index (χ4v) is 4.53. The van der Waals surface area contributed by atoms with Crippen LogP contribution in [0.1, 0.15) is 9.80 Å². The number of hydrogen-bond acceptors (Lipinski definition) is 6. The highest BCUT2D eigenvalue weighted by molar-refractivity contribution is 7.87. The van der Waals surface area contributed by atoms with Crippen LogP contribution in [0.25, 0.3) is 21.3 Å². The summed E-state index contributed by atoms with van der Waals surface area (Å²) in [4.78, 5) is 15.3. The van der Waals surface area contributed by atoms with Crippen molar-refractivity contribution in [3.8, 4) is 16.9 Å². The third kappa shape index (κ3) is 3.96. The molecule has 4 aromatic rings. The summed E-state index contributed by atoms with van der Waals surface area (Å²) in [5, 5.41) is 0.131. The van der Waals surface area contributed by atoms with E-state index in [0.717, 1.165) is 11.3 Å². The third-order valence-corrected chi connectivity index (χ3v) is 6.35. The molecular formula is C20H13FN2O4S2. The molecule has 1 heterocycles. The van der Waals surface area contributed by atoms with Gasteiger partial charge in [0.05, 0.1) is 10.2 Å². The van der Waals surface area contributed by atoms with E-state index in [1.165, 1.54) is 36.4 Å². The van der Waals surface area contributed by atoms with Gasteiger partial charge in [0, 0.05) is 6.07 Å². The first-order valence-corrected chi connectivity index (χ1v) is 10.6. The van der Waals surface area contributed by atoms with E-state index in [4.69, 9.17) is 9.92 Å². The number of rotatable bonds is 5. The van der Waals surface area contributed by atoms with Gasteiger partial charge in [0.1, 0.15) is 16.5 Å². The highest BCUT2D eigenvalue weighted by Gasteiger charge is 2.18. The van der Waals surface area contributed by atoms with Crippen molar-refractivity contribution >= 4 is 37.6 Å². The van der Waals surface area contributed by atoms with Gasteiger partial charge < -0.3 is 9.92 Å². The number of nitrogens with two attached hydrogens (primary N) is 1. The largest absolute Gasteiger partial charge is 0.379 e. The van der Waals surface area contributed by atoms with Crippen LogP contribution < -0.4 is 9.92 Å². The SMILES string of the molecule is NC(=O)c1nc2ccc(OS(=O)(=O)c3cccc(-c4ccc(F)cc4)c3)cc2s1. The predicted molar refractivity (Wildman–Crippen MR) is 108 cm³/mol. The summed E-state index contributed by atoms with van der Waals surface area (Å²) in [6, 6.07) is 16.4. The van der Waals surface area contributed by atoms with Gasteiger partial charge >= 0.3 is 10.1 Å². The zero-order valence-electron chi connectivity index (χ0n) is 14.7. The minimum atomic E-state index is -4.11. The first kappa shape index (κ1) is 19.0. The van der Waals surface area contributed by atoms with Crippen LogP contribution >= 0.6 is 11.3 Å². The van der Waals surface area contributed by atoms with E-state index >= 15 is 0 Å². The van der Waals surface area contributed by atoms with Gasteiger partial charge in [0.2, 0.25) is 0 Å². The average molecular weight is 428 g/mol. The summed E-state index contributed by atoms with van der Waals surface area (Å²) < 4.78 is 44.4. The van der Waals surface area contributed by atoms with Crippen molar-refractivity contribution in [3.63, 3.8) is 0 Å². The molecule has 29 heavy (non-hydrogen) atoms. The molecule has 0 saturated heterocycles. The number of aromatic nitrogens is 1. The van der Waals surface area contributed by atoms with Crippen LogP contribution in [0.3, 0.4) is 0 Å². The topological polar surface area (TPSA) is 99.3 Å². The monoisotopic (exact) mass is 428 g/mol. The Bertz CT molecular complexity index is 1330. The van der Waals surface area contributed by atoms with E-state index in [1.54, 1.807) is 30.3 Å². The van der Waals surface area contributed by atoms with E-state index in [-0.39, 0.29) is 21.5 Å². The summed E-state index contributed by atoms with van der Waals surface area (Å²) in [6.45, 7) is 0. The first-order chi connectivity index (χ1) is 13.8. The van der Waals surface area contributed by atoms with E-state index in [9.17, 15) is 17.6 Å². The Morgan fingerprint density at radius 3 is 2.48 bits per heavy atom. The van der Waals surface area contributed by atoms with E-state index < -0.39 is 16.0 Å². The fourth-order valence-electron chi connectivity index (χ4n) is 2.71. The van der Waals surface area contributed by atoms with Crippen LogP contribution in [0.5, 0.6) is 5.75 Å². The molecule has 0 saturated carbocycles. The molecule has 0 aliphatic rings. The Morgan fingerprint density at radius 1 is 1.00 bits per heavy atom. The quantitative estimate of drug-likeness (QED) is 0.485. The van der Waals surface area contributed by atoms with Crippen molar-refractivity contribution < 1.29 is 21.8 Å². The van der Waals surface area contributed by atoms with E-state index in [1.807, 2.05) is 0 Å². The standard InChI is InChI=1S/C20H13FN2O4S2/c21-14-6-4-12(5-7-14)13-2-1-3-16(10-13)29(25,26)27-15-8-9-17-18(11-15)28-20(23-17)19(22)24/h1-11H,(H2,22,24). The summed E-state index contributed by atoms with van der Waals surface area (Å²) >= 11 is 1.05. The minimum absolute atomic E-state index is 0.0402. The maximum absolute atomic E-state index is 13.1. The highest BCUT2D eigenvalue weighted by atomic mass is 32.2. The maximum Gasteiger partial charge on any atom is 0.339 e. The summed E-state index contributed by atoms with van der Waals surface area (Å²) in [6.07, 6.45) is 0. The van der Waals surface area contributed by atoms with Gasteiger partial charge in [-0.3, -0.25) is 4.79 Å². The lowest BCUT2D eigenvalue weighted by Gasteiger charge is -2.09. The number of fused-ring (bicyclic) bond motifs is 1. The summed E-state index contributed by atoms with van der Waals surface area (Å²) in [5.41, 5.74) is 7.03. The average Bonchev–Trinajstić information content (AvgIpc) is 3.12. The first-order valence-electron chi connectivity index (χ1n) is 8.33. The molecule has 1 aromatic heterocycles. The van der Waals surface area contributed by atoms with Gasteiger partial charge in [0.15, 0.2) is 5.01 Å². The molecule has 3 aromatic carbocycles. The predicted octanol–water partition coefficient (Wildman–Crippen LogP) is 3.97. The molecular weight excluding hydrogens is 415 g/mol. The number of carbonyl (C=O) groups is 1. The lowest BCUT2D eigenvalue weighted by atomic mass is 10.1. The Hall–Kier alpha value is -3.30. The van der Waals surface area contributed by atoms with Gasteiger partial charge in [-0.1, -0.05) is 24.3 Å².